The van der Waals surface area contributed by atoms with Gasteiger partial charge in [0.05, 0.1) is 11.0 Å². The number of hydrogen-bond acceptors (Lipinski definition) is 2. The van der Waals surface area contributed by atoms with Crippen molar-refractivity contribution < 1.29 is 9.30 Å². The molecule has 3 aromatic heterocycles. The third-order valence-electron chi connectivity index (χ3n) is 10.4. The number of benzene rings is 5. The molecule has 0 spiro atoms. The number of rotatable bonds is 5. The Kier molecular flexibility index (Phi) is 8.10. The first-order valence-electron chi connectivity index (χ1n) is 18.6. The van der Waals surface area contributed by atoms with Crippen molar-refractivity contribution in [3.8, 4) is 28.7 Å². The first kappa shape index (κ1) is 34.4. The molecule has 5 nitrogen and oxygen atoms in total. The van der Waals surface area contributed by atoms with Gasteiger partial charge in [-0.1, -0.05) is 105 Å². The van der Waals surface area contributed by atoms with Gasteiger partial charge in [-0.15, -0.1) is 0 Å². The van der Waals surface area contributed by atoms with Gasteiger partial charge in [-0.3, -0.25) is 4.57 Å². The fraction of sp³-hybridized carbons (Fsp3) is 0.250. The first-order chi connectivity index (χ1) is 25.1. The molecular formula is C48H49N4O+. The van der Waals surface area contributed by atoms with E-state index in [1.54, 1.807) is 0 Å². The lowest BCUT2D eigenvalue weighted by atomic mass is 9.86. The van der Waals surface area contributed by atoms with E-state index in [4.69, 9.17) is 9.72 Å². The van der Waals surface area contributed by atoms with Crippen LogP contribution in [0, 0.1) is 0 Å². The van der Waals surface area contributed by atoms with E-state index in [2.05, 4.69) is 204 Å². The Morgan fingerprint density at radius 2 is 1.21 bits per heavy atom. The molecule has 5 heteroatoms. The van der Waals surface area contributed by atoms with Crippen LogP contribution in [0.3, 0.4) is 0 Å². The van der Waals surface area contributed by atoms with Gasteiger partial charge in [0.15, 0.2) is 11.0 Å². The monoisotopic (exact) mass is 697 g/mol. The van der Waals surface area contributed by atoms with E-state index in [1.165, 1.54) is 27.5 Å². The highest BCUT2D eigenvalue weighted by Crippen LogP contribution is 2.38. The van der Waals surface area contributed by atoms with Crippen molar-refractivity contribution in [2.75, 3.05) is 0 Å². The summed E-state index contributed by atoms with van der Waals surface area (Å²) < 4.78 is 13.7. The van der Waals surface area contributed by atoms with E-state index in [-0.39, 0.29) is 16.2 Å². The Labute approximate surface area is 313 Å². The molecule has 53 heavy (non-hydrogen) atoms. The molecule has 0 aliphatic carbocycles. The predicted octanol–water partition coefficient (Wildman–Crippen LogP) is 12.1. The SMILES string of the molecule is CC(C)(C)c1cc(Oc2ccc3c4ccccc4n(-c4cc(C(C)(C)C)ccn4)c3c2)cc(-n2c[n+](-c3cccc(C(C)(C)C)c3)c3ccccc32)c1. The zero-order valence-corrected chi connectivity index (χ0v) is 32.4. The number of fused-ring (bicyclic) bond motifs is 4. The maximum Gasteiger partial charge on any atom is 0.255 e. The number of aromatic nitrogens is 4. The van der Waals surface area contributed by atoms with Gasteiger partial charge < -0.3 is 4.74 Å². The summed E-state index contributed by atoms with van der Waals surface area (Å²) in [4.78, 5) is 4.88. The van der Waals surface area contributed by atoms with Crippen LogP contribution in [0.5, 0.6) is 11.5 Å². The van der Waals surface area contributed by atoms with E-state index in [0.717, 1.165) is 50.8 Å². The number of para-hydroxylation sites is 3. The fourth-order valence-electron chi connectivity index (χ4n) is 7.26. The van der Waals surface area contributed by atoms with E-state index in [1.807, 2.05) is 6.20 Å². The number of ether oxygens (including phenoxy) is 1. The average Bonchev–Trinajstić information content (AvgIpc) is 3.67. The van der Waals surface area contributed by atoms with E-state index >= 15 is 0 Å². The minimum atomic E-state index is -0.103. The Bertz CT molecular complexity index is 2650. The Balaban J connectivity index is 1.26. The minimum Gasteiger partial charge on any atom is -0.457 e. The van der Waals surface area contributed by atoms with Crippen molar-refractivity contribution in [1.82, 2.24) is 14.1 Å². The van der Waals surface area contributed by atoms with Gasteiger partial charge in [-0.2, -0.15) is 9.13 Å². The zero-order valence-electron chi connectivity index (χ0n) is 32.4. The summed E-state index contributed by atoms with van der Waals surface area (Å²) in [6, 6.07) is 43.4. The summed E-state index contributed by atoms with van der Waals surface area (Å²) in [6.07, 6.45) is 4.13. The molecule has 266 valence electrons. The normalized spacial score (nSPS) is 12.6. The summed E-state index contributed by atoms with van der Waals surface area (Å²) in [7, 11) is 0. The molecule has 0 fully saturated rings. The van der Waals surface area contributed by atoms with Crippen LogP contribution in [-0.4, -0.2) is 14.1 Å². The zero-order chi connectivity index (χ0) is 37.3. The van der Waals surface area contributed by atoms with Gasteiger partial charge in [0.25, 0.3) is 6.33 Å². The van der Waals surface area contributed by atoms with Crippen molar-refractivity contribution in [2.45, 2.75) is 78.6 Å². The van der Waals surface area contributed by atoms with Gasteiger partial charge in [-0.25, -0.2) is 4.98 Å². The van der Waals surface area contributed by atoms with Gasteiger partial charge in [0.1, 0.15) is 28.7 Å². The van der Waals surface area contributed by atoms with E-state index in [0.29, 0.717) is 0 Å². The summed E-state index contributed by atoms with van der Waals surface area (Å²) in [5, 5.41) is 2.36. The van der Waals surface area contributed by atoms with Crippen molar-refractivity contribution in [2.24, 2.45) is 0 Å². The first-order valence-corrected chi connectivity index (χ1v) is 18.6. The smallest absolute Gasteiger partial charge is 0.255 e. The lowest BCUT2D eigenvalue weighted by Gasteiger charge is -2.21. The Morgan fingerprint density at radius 1 is 0.528 bits per heavy atom. The van der Waals surface area contributed by atoms with Crippen LogP contribution >= 0.6 is 0 Å². The summed E-state index contributed by atoms with van der Waals surface area (Å²) >= 11 is 0. The molecule has 0 saturated carbocycles. The average molecular weight is 698 g/mol. The molecule has 5 aromatic carbocycles. The quantitative estimate of drug-likeness (QED) is 0.168. The molecule has 0 aliphatic rings. The summed E-state index contributed by atoms with van der Waals surface area (Å²) in [6.45, 7) is 20.3. The second-order valence-electron chi connectivity index (χ2n) is 17.4. The van der Waals surface area contributed by atoms with E-state index < -0.39 is 0 Å². The fourth-order valence-corrected chi connectivity index (χ4v) is 7.26. The lowest BCUT2D eigenvalue weighted by Crippen LogP contribution is -2.29. The molecule has 0 bridgehead atoms. The molecule has 0 aliphatic heterocycles. The largest absolute Gasteiger partial charge is 0.457 e. The highest BCUT2D eigenvalue weighted by Gasteiger charge is 2.24. The molecule has 3 heterocycles. The summed E-state index contributed by atoms with van der Waals surface area (Å²) in [5.41, 5.74) is 10.3. The second kappa shape index (κ2) is 12.5. The van der Waals surface area contributed by atoms with Crippen molar-refractivity contribution in [3.05, 3.63) is 151 Å². The topological polar surface area (TPSA) is 35.9 Å². The van der Waals surface area contributed by atoms with Gasteiger partial charge >= 0.3 is 0 Å². The lowest BCUT2D eigenvalue weighted by molar-refractivity contribution is -0.567. The Hall–Kier alpha value is -5.68. The molecule has 8 aromatic rings. The minimum absolute atomic E-state index is 0.00127. The number of imidazole rings is 1. The standard InChI is InChI=1S/C48H49N4O/c1-46(2,3)32-15-14-16-35(25-32)50-31-51(43-20-13-12-19-42(43)50)36-26-34(48(7,8)9)27-38(29-36)53-37-21-22-40-39-17-10-11-18-41(39)52(44(40)30-37)45-28-33(23-24-49-45)47(4,5)6/h10-31H,1-9H3/q+1. The maximum atomic E-state index is 6.85. The molecule has 0 saturated heterocycles. The number of hydrogen-bond donors (Lipinski definition) is 0. The molecular weight excluding hydrogens is 649 g/mol. The molecule has 0 unspecified atom stereocenters. The van der Waals surface area contributed by atoms with Crippen LogP contribution in [-0.2, 0) is 16.2 Å². The van der Waals surface area contributed by atoms with Gasteiger partial charge in [0.2, 0.25) is 0 Å². The third-order valence-corrected chi connectivity index (χ3v) is 10.4. The van der Waals surface area contributed by atoms with Gasteiger partial charge in [-0.05, 0) is 99.7 Å². The van der Waals surface area contributed by atoms with Gasteiger partial charge in [0, 0.05) is 29.1 Å². The third kappa shape index (κ3) is 6.39. The van der Waals surface area contributed by atoms with E-state index in [9.17, 15) is 0 Å². The van der Waals surface area contributed by atoms with Crippen molar-refractivity contribution in [1.29, 1.82) is 0 Å². The molecule has 0 amide bonds. The summed E-state index contributed by atoms with van der Waals surface area (Å²) in [5.74, 6) is 2.47. The number of nitrogens with zero attached hydrogens (tertiary/aromatic N) is 4. The molecule has 0 radical (unpaired) electrons. The molecule has 8 rings (SSSR count). The van der Waals surface area contributed by atoms with Crippen molar-refractivity contribution >= 4 is 32.8 Å². The highest BCUT2D eigenvalue weighted by molar-refractivity contribution is 6.09. The van der Waals surface area contributed by atoms with Crippen LogP contribution in [0.1, 0.15) is 79.0 Å². The van der Waals surface area contributed by atoms with Crippen LogP contribution in [0.25, 0.3) is 50.0 Å². The van der Waals surface area contributed by atoms with Crippen LogP contribution in [0.4, 0.5) is 0 Å². The van der Waals surface area contributed by atoms with Crippen LogP contribution in [0.15, 0.2) is 134 Å². The predicted molar refractivity (Wildman–Crippen MR) is 220 cm³/mol. The Morgan fingerprint density at radius 3 is 1.96 bits per heavy atom. The number of pyridine rings is 1. The second-order valence-corrected chi connectivity index (χ2v) is 17.4. The van der Waals surface area contributed by atoms with Crippen LogP contribution in [0.2, 0.25) is 0 Å². The maximum absolute atomic E-state index is 6.85. The highest BCUT2D eigenvalue weighted by atomic mass is 16.5. The molecule has 0 N–H and O–H groups in total. The van der Waals surface area contributed by atoms with Crippen molar-refractivity contribution in [3.63, 3.8) is 0 Å². The molecule has 0 atom stereocenters. The van der Waals surface area contributed by atoms with Crippen LogP contribution < -0.4 is 9.30 Å².